The Bertz CT molecular complexity index is 453. The quantitative estimate of drug-likeness (QED) is 0.857. The number of hydrogen-bond acceptors (Lipinski definition) is 2. The van der Waals surface area contributed by atoms with Gasteiger partial charge in [0.25, 0.3) is 0 Å². The molecule has 5 heteroatoms. The number of hydrogen-bond donors (Lipinski definition) is 2. The van der Waals surface area contributed by atoms with Crippen molar-refractivity contribution in [2.24, 2.45) is 5.41 Å². The fraction of sp³-hybridized carbons (Fsp3) is 0.417. The predicted octanol–water partition coefficient (Wildman–Crippen LogP) is 2.28. The predicted molar refractivity (Wildman–Crippen MR) is 57.3 cm³/mol. The van der Waals surface area contributed by atoms with Gasteiger partial charge < -0.3 is 10.2 Å². The standard InChI is InChI=1S/C12H14F2O3/c1-11(2,10(15)16)12(3,17)7-5-4-6-8(13)9(7)14/h4-6,17H,1-3H3,(H,15,16). The lowest BCUT2D eigenvalue weighted by Gasteiger charge is -2.37. The summed E-state index contributed by atoms with van der Waals surface area (Å²) >= 11 is 0. The van der Waals surface area contributed by atoms with Crippen LogP contribution in [0.25, 0.3) is 0 Å². The maximum Gasteiger partial charge on any atom is 0.312 e. The Hall–Kier alpha value is -1.49. The van der Waals surface area contributed by atoms with Crippen LogP contribution in [-0.4, -0.2) is 16.2 Å². The maximum absolute atomic E-state index is 13.6. The van der Waals surface area contributed by atoms with E-state index in [9.17, 15) is 18.7 Å². The third-order valence-electron chi connectivity index (χ3n) is 3.23. The van der Waals surface area contributed by atoms with E-state index in [-0.39, 0.29) is 5.56 Å². The van der Waals surface area contributed by atoms with Crippen LogP contribution < -0.4 is 0 Å². The van der Waals surface area contributed by atoms with Crippen molar-refractivity contribution in [1.29, 1.82) is 0 Å². The van der Waals surface area contributed by atoms with Crippen LogP contribution in [0.2, 0.25) is 0 Å². The monoisotopic (exact) mass is 244 g/mol. The number of aliphatic carboxylic acids is 1. The van der Waals surface area contributed by atoms with Crippen molar-refractivity contribution in [3.05, 3.63) is 35.4 Å². The summed E-state index contributed by atoms with van der Waals surface area (Å²) in [6, 6.07) is 3.30. The Morgan fingerprint density at radius 2 is 1.76 bits per heavy atom. The molecule has 0 saturated carbocycles. The highest BCUT2D eigenvalue weighted by atomic mass is 19.2. The van der Waals surface area contributed by atoms with E-state index in [0.717, 1.165) is 13.0 Å². The lowest BCUT2D eigenvalue weighted by molar-refractivity contribution is -0.164. The molecule has 1 rings (SSSR count). The highest BCUT2D eigenvalue weighted by Gasteiger charge is 2.48. The third-order valence-corrected chi connectivity index (χ3v) is 3.23. The number of carboxylic acids is 1. The largest absolute Gasteiger partial charge is 0.481 e. The van der Waals surface area contributed by atoms with Crippen molar-refractivity contribution in [2.45, 2.75) is 26.4 Å². The first-order valence-electron chi connectivity index (χ1n) is 5.02. The second-order valence-corrected chi connectivity index (χ2v) is 4.60. The smallest absolute Gasteiger partial charge is 0.312 e. The topological polar surface area (TPSA) is 57.5 Å². The minimum absolute atomic E-state index is 0.370. The van der Waals surface area contributed by atoms with Crippen LogP contribution in [-0.2, 0) is 10.4 Å². The first-order valence-corrected chi connectivity index (χ1v) is 5.02. The molecule has 2 N–H and O–H groups in total. The van der Waals surface area contributed by atoms with E-state index in [1.807, 2.05) is 0 Å². The van der Waals surface area contributed by atoms with Gasteiger partial charge in [0.1, 0.15) is 5.60 Å². The fourth-order valence-electron chi connectivity index (χ4n) is 1.42. The summed E-state index contributed by atoms with van der Waals surface area (Å²) in [5, 5.41) is 19.2. The lowest BCUT2D eigenvalue weighted by atomic mass is 9.72. The minimum atomic E-state index is -2.02. The molecule has 0 radical (unpaired) electrons. The maximum atomic E-state index is 13.6. The van der Waals surface area contributed by atoms with Gasteiger partial charge in [0.15, 0.2) is 11.6 Å². The Labute approximate surface area is 97.7 Å². The van der Waals surface area contributed by atoms with Gasteiger partial charge in [0.05, 0.1) is 5.41 Å². The van der Waals surface area contributed by atoms with Crippen LogP contribution in [0, 0.1) is 17.0 Å². The van der Waals surface area contributed by atoms with Crippen LogP contribution in [0.1, 0.15) is 26.3 Å². The molecule has 0 heterocycles. The number of halogens is 2. The zero-order valence-electron chi connectivity index (χ0n) is 9.79. The number of aliphatic hydroxyl groups is 1. The van der Waals surface area contributed by atoms with Crippen molar-refractivity contribution in [3.63, 3.8) is 0 Å². The average Bonchev–Trinajstić information content (AvgIpc) is 2.21. The zero-order chi connectivity index (χ0) is 13.4. The fourth-order valence-corrected chi connectivity index (χ4v) is 1.42. The normalized spacial score (nSPS) is 15.4. The second kappa shape index (κ2) is 4.07. The van der Waals surface area contributed by atoms with Gasteiger partial charge in [0, 0.05) is 5.56 Å². The Morgan fingerprint density at radius 3 is 2.24 bits per heavy atom. The molecule has 1 atom stereocenters. The van der Waals surface area contributed by atoms with E-state index >= 15 is 0 Å². The lowest BCUT2D eigenvalue weighted by Crippen LogP contribution is -2.45. The van der Waals surface area contributed by atoms with E-state index < -0.39 is 28.6 Å². The molecule has 0 amide bonds. The second-order valence-electron chi connectivity index (χ2n) is 4.60. The molecule has 3 nitrogen and oxygen atoms in total. The summed E-state index contributed by atoms with van der Waals surface area (Å²) in [5.41, 5.74) is -4.04. The molecule has 0 aliphatic heterocycles. The van der Waals surface area contributed by atoms with Crippen molar-refractivity contribution in [1.82, 2.24) is 0 Å². The van der Waals surface area contributed by atoms with Crippen molar-refractivity contribution >= 4 is 5.97 Å². The molecule has 1 unspecified atom stereocenters. The van der Waals surface area contributed by atoms with Gasteiger partial charge >= 0.3 is 5.97 Å². The molecule has 0 aromatic heterocycles. The van der Waals surface area contributed by atoms with Crippen LogP contribution >= 0.6 is 0 Å². The van der Waals surface area contributed by atoms with Crippen molar-refractivity contribution in [3.8, 4) is 0 Å². The van der Waals surface area contributed by atoms with Gasteiger partial charge in [-0.2, -0.15) is 0 Å². The van der Waals surface area contributed by atoms with E-state index in [0.29, 0.717) is 0 Å². The molecule has 0 fully saturated rings. The summed E-state index contributed by atoms with van der Waals surface area (Å²) in [5.74, 6) is -3.65. The Morgan fingerprint density at radius 1 is 1.24 bits per heavy atom. The van der Waals surface area contributed by atoms with Crippen LogP contribution in [0.5, 0.6) is 0 Å². The molecule has 1 aromatic carbocycles. The molecule has 0 aliphatic rings. The minimum Gasteiger partial charge on any atom is -0.481 e. The van der Waals surface area contributed by atoms with Crippen LogP contribution in [0.15, 0.2) is 18.2 Å². The molecule has 0 aliphatic carbocycles. The van der Waals surface area contributed by atoms with Crippen molar-refractivity contribution < 1.29 is 23.8 Å². The summed E-state index contributed by atoms with van der Waals surface area (Å²) < 4.78 is 26.6. The summed E-state index contributed by atoms with van der Waals surface area (Å²) in [6.45, 7) is 3.65. The van der Waals surface area contributed by atoms with Gasteiger partial charge in [-0.3, -0.25) is 4.79 Å². The van der Waals surface area contributed by atoms with E-state index in [1.165, 1.54) is 26.0 Å². The van der Waals surface area contributed by atoms with Crippen LogP contribution in [0.4, 0.5) is 8.78 Å². The molecule has 94 valence electrons. The molecule has 0 spiro atoms. The summed E-state index contributed by atoms with van der Waals surface area (Å²) in [7, 11) is 0. The number of benzene rings is 1. The average molecular weight is 244 g/mol. The SMILES string of the molecule is CC(C)(C(=O)O)C(C)(O)c1cccc(F)c1F. The van der Waals surface area contributed by atoms with Crippen LogP contribution in [0.3, 0.4) is 0 Å². The Balaban J connectivity index is 3.41. The third kappa shape index (κ3) is 2.02. The Kier molecular flexibility index (Phi) is 3.25. The number of rotatable bonds is 3. The molecule has 0 saturated heterocycles. The molecule has 1 aromatic rings. The zero-order valence-corrected chi connectivity index (χ0v) is 9.79. The van der Waals surface area contributed by atoms with Gasteiger partial charge in [-0.15, -0.1) is 0 Å². The first-order chi connectivity index (χ1) is 7.62. The highest BCUT2D eigenvalue weighted by Crippen LogP contribution is 2.40. The molecule has 17 heavy (non-hydrogen) atoms. The number of carbonyl (C=O) groups is 1. The van der Waals surface area contributed by atoms with E-state index in [1.54, 1.807) is 0 Å². The first kappa shape index (κ1) is 13.6. The molecular formula is C12H14F2O3. The molecule has 0 bridgehead atoms. The van der Waals surface area contributed by atoms with E-state index in [4.69, 9.17) is 5.11 Å². The van der Waals surface area contributed by atoms with Gasteiger partial charge in [-0.05, 0) is 26.8 Å². The van der Waals surface area contributed by atoms with Gasteiger partial charge in [-0.25, -0.2) is 8.78 Å². The highest BCUT2D eigenvalue weighted by molar-refractivity contribution is 5.75. The van der Waals surface area contributed by atoms with E-state index in [2.05, 4.69) is 0 Å². The summed E-state index contributed by atoms with van der Waals surface area (Å²) in [6.07, 6.45) is 0. The summed E-state index contributed by atoms with van der Waals surface area (Å²) in [4.78, 5) is 11.1. The van der Waals surface area contributed by atoms with Crippen molar-refractivity contribution in [2.75, 3.05) is 0 Å². The van der Waals surface area contributed by atoms with Gasteiger partial charge in [0.2, 0.25) is 0 Å². The number of carboxylic acid groups (broad SMARTS) is 1. The van der Waals surface area contributed by atoms with Gasteiger partial charge in [-0.1, -0.05) is 12.1 Å². The molecular weight excluding hydrogens is 230 g/mol.